The Balaban J connectivity index is 1.25. The Hall–Kier alpha value is -3.45. The average molecular weight is 580 g/mol. The van der Waals surface area contributed by atoms with Crippen molar-refractivity contribution in [2.75, 3.05) is 54.2 Å². The highest BCUT2D eigenvalue weighted by atomic mass is 32.2. The Bertz CT molecular complexity index is 1480. The van der Waals surface area contributed by atoms with E-state index in [1.807, 2.05) is 30.3 Å². The van der Waals surface area contributed by atoms with Crippen LogP contribution in [0.5, 0.6) is 0 Å². The Kier molecular flexibility index (Phi) is 7.98. The second kappa shape index (κ2) is 11.8. The Morgan fingerprint density at radius 1 is 1.05 bits per heavy atom. The van der Waals surface area contributed by atoms with E-state index in [0.717, 1.165) is 61.5 Å². The van der Waals surface area contributed by atoms with E-state index in [1.165, 1.54) is 0 Å². The van der Waals surface area contributed by atoms with Gasteiger partial charge in [-0.2, -0.15) is 9.97 Å². The molecule has 1 saturated heterocycles. The van der Waals surface area contributed by atoms with Crippen LogP contribution in [0.3, 0.4) is 0 Å². The number of para-hydroxylation sites is 1. The zero-order valence-corrected chi connectivity index (χ0v) is 24.2. The summed E-state index contributed by atoms with van der Waals surface area (Å²) < 4.78 is 40.6. The molecule has 2 fully saturated rings. The summed E-state index contributed by atoms with van der Waals surface area (Å²) in [5.74, 6) is 1.88. The lowest BCUT2D eigenvalue weighted by Crippen LogP contribution is -2.43. The van der Waals surface area contributed by atoms with Gasteiger partial charge in [0.1, 0.15) is 16.5 Å². The molecular formula is C29H37N7O4S. The molecule has 2 aromatic carbocycles. The van der Waals surface area contributed by atoms with Crippen molar-refractivity contribution in [3.63, 3.8) is 0 Å². The molecule has 2 aliphatic heterocycles. The van der Waals surface area contributed by atoms with Crippen molar-refractivity contribution in [3.05, 3.63) is 54.1 Å². The second-order valence-electron chi connectivity index (χ2n) is 10.8. The molecule has 12 heteroatoms. The molecule has 0 spiro atoms. The molecule has 1 aromatic heterocycles. The number of sulfonamides is 1. The first-order chi connectivity index (χ1) is 19.9. The number of rotatable bonds is 9. The lowest BCUT2D eigenvalue weighted by atomic mass is 10.1. The standard InChI is InChI=1S/C29H37N7O4S/c1-19-17-30-27-26(19)28(32-23-9-5-6-10-24(23)41(37,38)35-21-7-3-4-8-21)34-29(33-27)31-20-11-13-22(14-12-20)36-15-16-40-25(18-36)39-2/h5-6,9-14,19,21,25,35H,3-4,7-8,15-18H2,1-2H3,(H3,30,31,32,33,34). The van der Waals surface area contributed by atoms with Crippen LogP contribution in [0.4, 0.5) is 34.6 Å². The van der Waals surface area contributed by atoms with Gasteiger partial charge in [0.05, 0.1) is 18.8 Å². The third-order valence-corrected chi connectivity index (χ3v) is 9.49. The first-order valence-corrected chi connectivity index (χ1v) is 15.7. The van der Waals surface area contributed by atoms with Gasteiger partial charge in [-0.05, 0) is 49.2 Å². The first-order valence-electron chi connectivity index (χ1n) is 14.2. The second-order valence-corrected chi connectivity index (χ2v) is 12.5. The number of ether oxygens (including phenoxy) is 2. The molecule has 2 atom stereocenters. The minimum Gasteiger partial charge on any atom is -0.369 e. The van der Waals surface area contributed by atoms with Crippen LogP contribution >= 0.6 is 0 Å². The summed E-state index contributed by atoms with van der Waals surface area (Å²) in [6.45, 7) is 4.91. The molecule has 4 N–H and O–H groups in total. The van der Waals surface area contributed by atoms with E-state index >= 15 is 0 Å². The third-order valence-electron chi connectivity index (χ3n) is 7.91. The van der Waals surface area contributed by atoms with Crippen LogP contribution in [-0.4, -0.2) is 64.1 Å². The van der Waals surface area contributed by atoms with E-state index in [4.69, 9.17) is 19.4 Å². The molecule has 2 unspecified atom stereocenters. The van der Waals surface area contributed by atoms with Crippen LogP contribution in [0.1, 0.15) is 44.1 Å². The molecule has 41 heavy (non-hydrogen) atoms. The molecule has 11 nitrogen and oxygen atoms in total. The van der Waals surface area contributed by atoms with Gasteiger partial charge in [0.15, 0.2) is 6.29 Å². The Labute approximate surface area is 241 Å². The third kappa shape index (κ3) is 6.10. The van der Waals surface area contributed by atoms with E-state index in [9.17, 15) is 8.42 Å². The number of hydrogen-bond acceptors (Lipinski definition) is 10. The fraction of sp³-hybridized carbons (Fsp3) is 0.448. The summed E-state index contributed by atoms with van der Waals surface area (Å²) in [6, 6.07) is 15.0. The molecular weight excluding hydrogens is 542 g/mol. The monoisotopic (exact) mass is 579 g/mol. The van der Waals surface area contributed by atoms with Gasteiger partial charge in [-0.3, -0.25) is 0 Å². The smallest absolute Gasteiger partial charge is 0.242 e. The summed E-state index contributed by atoms with van der Waals surface area (Å²) >= 11 is 0. The molecule has 3 heterocycles. The highest BCUT2D eigenvalue weighted by molar-refractivity contribution is 7.89. The summed E-state index contributed by atoms with van der Waals surface area (Å²) in [4.78, 5) is 12.0. The lowest BCUT2D eigenvalue weighted by Gasteiger charge is -2.33. The number of methoxy groups -OCH3 is 1. The maximum absolute atomic E-state index is 13.4. The van der Waals surface area contributed by atoms with Crippen LogP contribution < -0.4 is 25.6 Å². The maximum atomic E-state index is 13.4. The topological polar surface area (TPSA) is 130 Å². The highest BCUT2D eigenvalue weighted by Gasteiger charge is 2.29. The molecule has 218 valence electrons. The highest BCUT2D eigenvalue weighted by Crippen LogP contribution is 2.38. The summed E-state index contributed by atoms with van der Waals surface area (Å²) in [7, 11) is -2.05. The molecule has 0 amide bonds. The molecule has 3 aliphatic rings. The fourth-order valence-corrected chi connectivity index (χ4v) is 7.18. The van der Waals surface area contributed by atoms with Crippen molar-refractivity contribution in [3.8, 4) is 0 Å². The van der Waals surface area contributed by atoms with Gasteiger partial charge in [0.2, 0.25) is 16.0 Å². The number of fused-ring (bicyclic) bond motifs is 1. The molecule has 1 aliphatic carbocycles. The minimum absolute atomic E-state index is 0.0209. The van der Waals surface area contributed by atoms with Gasteiger partial charge in [-0.1, -0.05) is 31.9 Å². The predicted molar refractivity (Wildman–Crippen MR) is 160 cm³/mol. The maximum Gasteiger partial charge on any atom is 0.242 e. The molecule has 6 rings (SSSR count). The number of anilines is 6. The van der Waals surface area contributed by atoms with Crippen LogP contribution in [0.25, 0.3) is 0 Å². The van der Waals surface area contributed by atoms with Gasteiger partial charge < -0.3 is 30.3 Å². The van der Waals surface area contributed by atoms with Crippen molar-refractivity contribution in [2.45, 2.75) is 55.8 Å². The Morgan fingerprint density at radius 2 is 1.83 bits per heavy atom. The normalized spacial score (nSPS) is 21.0. The first kappa shape index (κ1) is 27.7. The van der Waals surface area contributed by atoms with Crippen molar-refractivity contribution in [1.82, 2.24) is 14.7 Å². The van der Waals surface area contributed by atoms with Crippen LogP contribution in [-0.2, 0) is 19.5 Å². The number of hydrogen-bond donors (Lipinski definition) is 4. The molecule has 0 bridgehead atoms. The van der Waals surface area contributed by atoms with Gasteiger partial charge in [0, 0.05) is 49.1 Å². The van der Waals surface area contributed by atoms with Gasteiger partial charge in [-0.15, -0.1) is 0 Å². The van der Waals surface area contributed by atoms with Crippen LogP contribution in [0.15, 0.2) is 53.4 Å². The quantitative estimate of drug-likeness (QED) is 0.287. The van der Waals surface area contributed by atoms with Crippen LogP contribution in [0.2, 0.25) is 0 Å². The summed E-state index contributed by atoms with van der Waals surface area (Å²) in [6.07, 6.45) is 3.60. The fourth-order valence-electron chi connectivity index (χ4n) is 5.71. The van der Waals surface area contributed by atoms with E-state index in [2.05, 4.69) is 32.5 Å². The molecule has 0 radical (unpaired) electrons. The van der Waals surface area contributed by atoms with Crippen molar-refractivity contribution < 1.29 is 17.9 Å². The average Bonchev–Trinajstić information content (AvgIpc) is 3.63. The number of morpholine rings is 1. The Morgan fingerprint density at radius 3 is 2.61 bits per heavy atom. The van der Waals surface area contributed by atoms with Crippen LogP contribution in [0, 0.1) is 0 Å². The van der Waals surface area contributed by atoms with Gasteiger partial charge in [0.25, 0.3) is 0 Å². The summed E-state index contributed by atoms with van der Waals surface area (Å²) in [5, 5.41) is 10.0. The minimum atomic E-state index is -3.71. The van der Waals surface area contributed by atoms with E-state index in [1.54, 1.807) is 25.3 Å². The van der Waals surface area contributed by atoms with E-state index < -0.39 is 10.0 Å². The zero-order chi connectivity index (χ0) is 28.4. The lowest BCUT2D eigenvalue weighted by molar-refractivity contribution is -0.128. The van der Waals surface area contributed by atoms with Crippen molar-refractivity contribution >= 4 is 44.7 Å². The van der Waals surface area contributed by atoms with Gasteiger partial charge >= 0.3 is 0 Å². The predicted octanol–water partition coefficient (Wildman–Crippen LogP) is 4.52. The molecule has 1 saturated carbocycles. The van der Waals surface area contributed by atoms with E-state index in [0.29, 0.717) is 30.6 Å². The molecule has 3 aromatic rings. The van der Waals surface area contributed by atoms with Gasteiger partial charge in [-0.25, -0.2) is 13.1 Å². The SMILES string of the molecule is COC1CN(c2ccc(Nc3nc4c(c(Nc5ccccc5S(=O)(=O)NC5CCCC5)n3)C(C)CN4)cc2)CCO1. The van der Waals surface area contributed by atoms with Crippen molar-refractivity contribution in [2.24, 2.45) is 0 Å². The van der Waals surface area contributed by atoms with Crippen molar-refractivity contribution in [1.29, 1.82) is 0 Å². The number of aromatic nitrogens is 2. The van der Waals surface area contributed by atoms with E-state index in [-0.39, 0.29) is 23.1 Å². The summed E-state index contributed by atoms with van der Waals surface area (Å²) in [5.41, 5.74) is 3.33. The number of nitrogens with zero attached hydrogens (tertiary/aromatic N) is 3. The zero-order valence-electron chi connectivity index (χ0n) is 23.4. The number of benzene rings is 2. The number of nitrogens with one attached hydrogen (secondary N) is 4. The largest absolute Gasteiger partial charge is 0.369 e.